The molecular weight excluding hydrogens is 322 g/mol. The fourth-order valence-corrected chi connectivity index (χ4v) is 1.84. The van der Waals surface area contributed by atoms with Crippen LogP contribution in [0.3, 0.4) is 0 Å². The van der Waals surface area contributed by atoms with Gasteiger partial charge in [-0.05, 0) is 37.9 Å². The molecular formula is C8H4Br2F2N2. The molecule has 1 rings (SSSR count). The summed E-state index contributed by atoms with van der Waals surface area (Å²) in [4.78, 5) is 3.85. The third kappa shape index (κ3) is 2.49. The lowest BCUT2D eigenvalue weighted by Gasteiger charge is -2.06. The molecule has 74 valence electrons. The Kier molecular flexibility index (Phi) is 3.96. The first-order valence-corrected chi connectivity index (χ1v) is 5.14. The highest BCUT2D eigenvalue weighted by Gasteiger charge is 2.15. The molecule has 0 bridgehead atoms. The van der Waals surface area contributed by atoms with Gasteiger partial charge in [0.05, 0.1) is 23.7 Å². The number of alkyl halides is 2. The average Bonchev–Trinajstić information content (AvgIpc) is 2.10. The van der Waals surface area contributed by atoms with Gasteiger partial charge in [-0.15, -0.1) is 0 Å². The molecule has 6 heteroatoms. The topological polar surface area (TPSA) is 36.7 Å². The van der Waals surface area contributed by atoms with Crippen molar-refractivity contribution in [2.75, 3.05) is 0 Å². The Hall–Kier alpha value is -0.540. The number of nitriles is 1. The maximum Gasteiger partial charge on any atom is 0.266 e. The normalized spacial score (nSPS) is 10.3. The fourth-order valence-electron chi connectivity index (χ4n) is 0.868. The van der Waals surface area contributed by atoms with Crippen molar-refractivity contribution in [3.8, 4) is 6.07 Å². The van der Waals surface area contributed by atoms with Gasteiger partial charge in [0.1, 0.15) is 4.60 Å². The first-order valence-electron chi connectivity index (χ1n) is 3.56. The minimum absolute atomic E-state index is 0.0842. The Balaban J connectivity index is 3.18. The lowest BCUT2D eigenvalue weighted by atomic mass is 10.2. The Bertz CT molecular complexity index is 388. The third-order valence-electron chi connectivity index (χ3n) is 1.51. The maximum absolute atomic E-state index is 12.4. The molecule has 1 heterocycles. The summed E-state index contributed by atoms with van der Waals surface area (Å²) < 4.78 is 25.3. The summed E-state index contributed by atoms with van der Waals surface area (Å²) in [5.74, 6) is 0. The quantitative estimate of drug-likeness (QED) is 0.779. The van der Waals surface area contributed by atoms with Gasteiger partial charge in [-0.25, -0.2) is 13.8 Å². The van der Waals surface area contributed by atoms with Crippen molar-refractivity contribution in [3.05, 3.63) is 26.4 Å². The Morgan fingerprint density at radius 3 is 2.64 bits per heavy atom. The number of nitrogens with zero attached hydrogens (tertiary/aromatic N) is 2. The molecule has 0 radical (unpaired) electrons. The summed E-state index contributed by atoms with van der Waals surface area (Å²) in [5.41, 5.74) is 0.266. The van der Waals surface area contributed by atoms with Crippen LogP contribution in [0.4, 0.5) is 8.78 Å². The Morgan fingerprint density at radius 2 is 2.14 bits per heavy atom. The zero-order valence-corrected chi connectivity index (χ0v) is 9.94. The van der Waals surface area contributed by atoms with Crippen LogP contribution in [0.1, 0.15) is 17.7 Å². The van der Waals surface area contributed by atoms with Gasteiger partial charge in [-0.2, -0.15) is 5.26 Å². The maximum atomic E-state index is 12.4. The summed E-state index contributed by atoms with van der Waals surface area (Å²) >= 11 is 6.01. The molecule has 0 atom stereocenters. The summed E-state index contributed by atoms with van der Waals surface area (Å²) in [6.45, 7) is 0. The van der Waals surface area contributed by atoms with E-state index in [9.17, 15) is 8.78 Å². The van der Waals surface area contributed by atoms with Crippen molar-refractivity contribution in [3.63, 3.8) is 0 Å². The predicted octanol–water partition coefficient (Wildman–Crippen LogP) is 3.61. The van der Waals surface area contributed by atoms with Crippen LogP contribution in [0.5, 0.6) is 0 Å². The second kappa shape index (κ2) is 4.80. The minimum atomic E-state index is -2.58. The van der Waals surface area contributed by atoms with Gasteiger partial charge in [-0.3, -0.25) is 0 Å². The van der Waals surface area contributed by atoms with Crippen molar-refractivity contribution < 1.29 is 8.78 Å². The molecule has 0 aromatic carbocycles. The van der Waals surface area contributed by atoms with Gasteiger partial charge in [0, 0.05) is 4.47 Å². The van der Waals surface area contributed by atoms with E-state index in [4.69, 9.17) is 5.26 Å². The van der Waals surface area contributed by atoms with E-state index in [-0.39, 0.29) is 16.6 Å². The lowest BCUT2D eigenvalue weighted by Crippen LogP contribution is -1.96. The van der Waals surface area contributed by atoms with E-state index in [1.54, 1.807) is 0 Å². The summed E-state index contributed by atoms with van der Waals surface area (Å²) in [5, 5.41) is 8.44. The van der Waals surface area contributed by atoms with Crippen LogP contribution in [0.2, 0.25) is 0 Å². The molecule has 1 aromatic rings. The first kappa shape index (κ1) is 11.5. The van der Waals surface area contributed by atoms with Crippen molar-refractivity contribution in [2.24, 2.45) is 0 Å². The van der Waals surface area contributed by atoms with Crippen LogP contribution in [0.25, 0.3) is 0 Å². The number of hydrogen-bond acceptors (Lipinski definition) is 2. The third-order valence-corrected chi connectivity index (χ3v) is 2.83. The second-order valence-corrected chi connectivity index (χ2v) is 4.04. The van der Waals surface area contributed by atoms with E-state index >= 15 is 0 Å². The standard InChI is InChI=1S/C8H4Br2F2N2/c9-5-3-4(8(11)12)7(10)14-6(5)1-2-13/h3,8H,1H2. The zero-order chi connectivity index (χ0) is 10.7. The Labute approximate surface area is 96.2 Å². The SMILES string of the molecule is N#CCc1nc(Br)c(C(F)F)cc1Br. The van der Waals surface area contributed by atoms with Gasteiger partial charge >= 0.3 is 0 Å². The molecule has 0 amide bonds. The largest absolute Gasteiger partial charge is 0.266 e. The highest BCUT2D eigenvalue weighted by atomic mass is 79.9. The molecule has 0 N–H and O–H groups in total. The fraction of sp³-hybridized carbons (Fsp3) is 0.250. The summed E-state index contributed by atoms with van der Waals surface area (Å²) in [6.07, 6.45) is -2.49. The van der Waals surface area contributed by atoms with Crippen molar-refractivity contribution in [2.45, 2.75) is 12.8 Å². The van der Waals surface area contributed by atoms with Gasteiger partial charge in [0.15, 0.2) is 0 Å². The number of pyridine rings is 1. The lowest BCUT2D eigenvalue weighted by molar-refractivity contribution is 0.150. The molecule has 0 fully saturated rings. The number of aromatic nitrogens is 1. The number of hydrogen-bond donors (Lipinski definition) is 0. The van der Waals surface area contributed by atoms with Crippen LogP contribution < -0.4 is 0 Å². The Morgan fingerprint density at radius 1 is 1.50 bits per heavy atom. The van der Waals surface area contributed by atoms with Crippen LogP contribution in [0, 0.1) is 11.3 Å². The van der Waals surface area contributed by atoms with E-state index in [0.29, 0.717) is 10.2 Å². The van der Waals surface area contributed by atoms with Crippen LogP contribution >= 0.6 is 31.9 Å². The van der Waals surface area contributed by atoms with Gasteiger partial charge < -0.3 is 0 Å². The number of rotatable bonds is 2. The van der Waals surface area contributed by atoms with E-state index in [1.807, 2.05) is 6.07 Å². The summed E-state index contributed by atoms with van der Waals surface area (Å²) in [6, 6.07) is 3.17. The van der Waals surface area contributed by atoms with Gasteiger partial charge in [-0.1, -0.05) is 0 Å². The average molecular weight is 326 g/mol. The molecule has 1 aromatic heterocycles. The molecule has 0 aliphatic carbocycles. The van der Waals surface area contributed by atoms with Crippen molar-refractivity contribution in [1.82, 2.24) is 4.98 Å². The van der Waals surface area contributed by atoms with Crippen molar-refractivity contribution in [1.29, 1.82) is 5.26 Å². The van der Waals surface area contributed by atoms with Crippen LogP contribution in [-0.4, -0.2) is 4.98 Å². The van der Waals surface area contributed by atoms with Crippen LogP contribution in [-0.2, 0) is 6.42 Å². The molecule has 14 heavy (non-hydrogen) atoms. The molecule has 0 aliphatic heterocycles. The molecule has 0 aliphatic rings. The highest BCUT2D eigenvalue weighted by Crippen LogP contribution is 2.30. The van der Waals surface area contributed by atoms with Gasteiger partial charge in [0.2, 0.25) is 0 Å². The van der Waals surface area contributed by atoms with Crippen molar-refractivity contribution >= 4 is 31.9 Å². The molecule has 0 saturated heterocycles. The summed E-state index contributed by atoms with van der Waals surface area (Å²) in [7, 11) is 0. The molecule has 2 nitrogen and oxygen atoms in total. The zero-order valence-electron chi connectivity index (χ0n) is 6.77. The van der Waals surface area contributed by atoms with E-state index in [1.165, 1.54) is 6.07 Å². The van der Waals surface area contributed by atoms with Gasteiger partial charge in [0.25, 0.3) is 6.43 Å². The van der Waals surface area contributed by atoms with E-state index in [0.717, 1.165) is 0 Å². The van der Waals surface area contributed by atoms with E-state index in [2.05, 4.69) is 36.8 Å². The smallest absolute Gasteiger partial charge is 0.243 e. The first-order chi connectivity index (χ1) is 6.56. The molecule has 0 saturated carbocycles. The minimum Gasteiger partial charge on any atom is -0.243 e. The monoisotopic (exact) mass is 324 g/mol. The molecule has 0 spiro atoms. The van der Waals surface area contributed by atoms with E-state index < -0.39 is 6.43 Å². The highest BCUT2D eigenvalue weighted by molar-refractivity contribution is 9.11. The molecule has 0 unspecified atom stereocenters. The van der Waals surface area contributed by atoms with Crippen LogP contribution in [0.15, 0.2) is 15.1 Å². The number of halogens is 4. The second-order valence-electron chi connectivity index (χ2n) is 2.43. The predicted molar refractivity (Wildman–Crippen MR) is 53.9 cm³/mol.